The number of thiazole rings is 1. The predicted octanol–water partition coefficient (Wildman–Crippen LogP) is 6.33. The number of imide groups is 1. The van der Waals surface area contributed by atoms with Crippen LogP contribution in [-0.4, -0.2) is 88.3 Å². The van der Waals surface area contributed by atoms with Crippen LogP contribution >= 0.6 is 11.3 Å². The van der Waals surface area contributed by atoms with Gasteiger partial charge in [-0.15, -0.1) is 11.3 Å². The molecule has 65 heavy (non-hydrogen) atoms. The fourth-order valence-corrected chi connectivity index (χ4v) is 10.4. The van der Waals surface area contributed by atoms with Gasteiger partial charge in [0.05, 0.1) is 44.6 Å². The Bertz CT molecular complexity index is 2750. The smallest absolute Gasteiger partial charge is 0.270 e. The second-order valence-electron chi connectivity index (χ2n) is 17.6. The first-order valence-electron chi connectivity index (χ1n) is 21.7. The van der Waals surface area contributed by atoms with Crippen LogP contribution in [0.2, 0.25) is 0 Å². The first kappa shape index (κ1) is 45.2. The minimum absolute atomic E-state index is 0.109. The number of amides is 4. The van der Waals surface area contributed by atoms with E-state index in [2.05, 4.69) is 41.6 Å². The van der Waals surface area contributed by atoms with Gasteiger partial charge in [0.15, 0.2) is 5.82 Å². The van der Waals surface area contributed by atoms with Crippen molar-refractivity contribution >= 4 is 68.0 Å². The van der Waals surface area contributed by atoms with E-state index in [-0.39, 0.29) is 58.7 Å². The minimum atomic E-state index is -3.73. The molecule has 0 aliphatic carbocycles. The maximum atomic E-state index is 16.1. The van der Waals surface area contributed by atoms with Crippen molar-refractivity contribution < 1.29 is 32.0 Å². The summed E-state index contributed by atoms with van der Waals surface area (Å²) in [4.78, 5) is 73.2. The van der Waals surface area contributed by atoms with E-state index in [1.165, 1.54) is 17.4 Å². The number of nitrogens with zero attached hydrogens (tertiary/aromatic N) is 6. The number of fused-ring (bicyclic) bond motifs is 1. The fraction of sp³-hybridized carbons (Fsp3) is 0.391. The largest absolute Gasteiger partial charge is 0.370 e. The van der Waals surface area contributed by atoms with Gasteiger partial charge in [-0.1, -0.05) is 39.8 Å². The molecule has 19 heteroatoms. The third-order valence-corrected chi connectivity index (χ3v) is 14.7. The van der Waals surface area contributed by atoms with Crippen LogP contribution in [0.3, 0.4) is 0 Å². The Morgan fingerprint density at radius 2 is 1.75 bits per heavy atom. The van der Waals surface area contributed by atoms with E-state index in [1.54, 1.807) is 43.6 Å². The molecular formula is C46H51FN10O6S2. The molecule has 340 valence electrons. The summed E-state index contributed by atoms with van der Waals surface area (Å²) in [7, 11) is -3.73. The molecule has 2 fully saturated rings. The van der Waals surface area contributed by atoms with Gasteiger partial charge >= 0.3 is 0 Å². The van der Waals surface area contributed by atoms with Gasteiger partial charge in [0.2, 0.25) is 33.7 Å². The number of hydrogen-bond donors (Lipinski definition) is 4. The third-order valence-electron chi connectivity index (χ3n) is 11.7. The maximum absolute atomic E-state index is 16.1. The van der Waals surface area contributed by atoms with E-state index >= 15 is 4.39 Å². The Morgan fingerprint density at radius 3 is 2.48 bits per heavy atom. The van der Waals surface area contributed by atoms with Crippen molar-refractivity contribution in [3.8, 4) is 21.8 Å². The average molecular weight is 923 g/mol. The molecule has 0 spiro atoms. The van der Waals surface area contributed by atoms with Crippen molar-refractivity contribution in [3.63, 3.8) is 0 Å². The van der Waals surface area contributed by atoms with Gasteiger partial charge in [-0.3, -0.25) is 29.2 Å². The number of rotatable bonds is 12. The van der Waals surface area contributed by atoms with Gasteiger partial charge in [0.25, 0.3) is 5.91 Å². The second kappa shape index (κ2) is 18.6. The Hall–Kier alpha value is -6.34. The van der Waals surface area contributed by atoms with E-state index in [0.29, 0.717) is 74.1 Å². The molecule has 5 aromatic rings. The van der Waals surface area contributed by atoms with E-state index in [0.717, 1.165) is 27.5 Å². The summed E-state index contributed by atoms with van der Waals surface area (Å²) in [6.07, 6.45) is 6.11. The van der Waals surface area contributed by atoms with Gasteiger partial charge in [-0.25, -0.2) is 32.7 Å². The summed E-state index contributed by atoms with van der Waals surface area (Å²) in [5, 5.41) is 8.97. The molecule has 8 rings (SSSR count). The fourth-order valence-electron chi connectivity index (χ4n) is 8.19. The van der Waals surface area contributed by atoms with Gasteiger partial charge < -0.3 is 20.4 Å². The van der Waals surface area contributed by atoms with Crippen molar-refractivity contribution in [1.29, 1.82) is 0 Å². The van der Waals surface area contributed by atoms with Crippen LogP contribution in [-0.2, 0) is 42.8 Å². The van der Waals surface area contributed by atoms with Crippen LogP contribution < -0.4 is 25.6 Å². The summed E-state index contributed by atoms with van der Waals surface area (Å²) in [5.41, 5.74) is 4.54. The van der Waals surface area contributed by atoms with Crippen LogP contribution in [0.5, 0.6) is 0 Å². The van der Waals surface area contributed by atoms with Crippen molar-refractivity contribution in [1.82, 2.24) is 35.5 Å². The highest BCUT2D eigenvalue weighted by Gasteiger charge is 2.32. The van der Waals surface area contributed by atoms with E-state index < -0.39 is 33.7 Å². The van der Waals surface area contributed by atoms with Crippen molar-refractivity contribution in [3.05, 3.63) is 94.6 Å². The van der Waals surface area contributed by atoms with Gasteiger partial charge in [-0.05, 0) is 85.7 Å². The molecule has 2 aromatic carbocycles. The summed E-state index contributed by atoms with van der Waals surface area (Å²) < 4.78 is 43.6. The lowest BCUT2D eigenvalue weighted by atomic mass is 9.92. The lowest BCUT2D eigenvalue weighted by Crippen LogP contribution is -2.52. The number of carbonyl (C=O) groups is 4. The highest BCUT2D eigenvalue weighted by molar-refractivity contribution is 7.92. The molecule has 4 N–H and O–H groups in total. The minimum Gasteiger partial charge on any atom is -0.370 e. The average Bonchev–Trinajstić information content (AvgIpc) is 3.74. The maximum Gasteiger partial charge on any atom is 0.270 e. The van der Waals surface area contributed by atoms with Crippen molar-refractivity contribution in [2.75, 3.05) is 40.3 Å². The Kier molecular flexibility index (Phi) is 13.0. The summed E-state index contributed by atoms with van der Waals surface area (Å²) in [6.45, 7) is 10.2. The van der Waals surface area contributed by atoms with Crippen LogP contribution in [0.25, 0.3) is 21.8 Å². The third kappa shape index (κ3) is 10.3. The molecule has 4 amide bonds. The zero-order valence-corrected chi connectivity index (χ0v) is 38.2. The zero-order chi connectivity index (χ0) is 46.0. The Labute approximate surface area is 380 Å². The lowest BCUT2D eigenvalue weighted by Gasteiger charge is -2.37. The summed E-state index contributed by atoms with van der Waals surface area (Å²) >= 11 is 1.40. The van der Waals surface area contributed by atoms with E-state index in [4.69, 9.17) is 9.97 Å². The molecule has 1 atom stereocenters. The summed E-state index contributed by atoms with van der Waals surface area (Å²) in [6, 6.07) is 15.0. The van der Waals surface area contributed by atoms with Crippen LogP contribution in [0.1, 0.15) is 86.4 Å². The molecule has 3 aliphatic rings. The van der Waals surface area contributed by atoms with E-state index in [9.17, 15) is 27.6 Å². The number of sulfonamides is 1. The number of hydrogen-bond acceptors (Lipinski definition) is 13. The quantitative estimate of drug-likeness (QED) is 0.101. The second-order valence-corrected chi connectivity index (χ2v) is 20.4. The molecule has 0 unspecified atom stereocenters. The number of nitrogens with one attached hydrogen (secondary N) is 4. The lowest BCUT2D eigenvalue weighted by molar-refractivity contribution is -0.137. The Morgan fingerprint density at radius 1 is 0.954 bits per heavy atom. The number of benzene rings is 2. The number of aromatic nitrogens is 4. The molecule has 3 aliphatic heterocycles. The van der Waals surface area contributed by atoms with Crippen molar-refractivity contribution in [2.24, 2.45) is 5.92 Å². The van der Waals surface area contributed by atoms with Gasteiger partial charge in [-0.2, -0.15) is 0 Å². The molecule has 6 heterocycles. The first-order valence-corrected chi connectivity index (χ1v) is 24.2. The topological polar surface area (TPSA) is 209 Å². The molecule has 0 saturated carbocycles. The normalized spacial score (nSPS) is 17.0. The predicted molar refractivity (Wildman–Crippen MR) is 247 cm³/mol. The molecule has 16 nitrogen and oxygen atoms in total. The van der Waals surface area contributed by atoms with Gasteiger partial charge in [0.1, 0.15) is 11.7 Å². The van der Waals surface area contributed by atoms with Gasteiger partial charge in [0, 0.05) is 61.4 Å². The number of piperidine rings is 2. The SMILES string of the molecule is CCCS(=O)(=O)Nc1cccc(-c2nc(C(C)(C)C)sc2-c2ccnc(Nc3ccc4c(c3)CCN(C(=O)C3CCN(c5ccc(C(=O)N[C@@H]6CCC(=O)NC6=O)nc5)CC3)C4)n2)c1F. The monoisotopic (exact) mass is 922 g/mol. The molecule has 3 aromatic heterocycles. The Balaban J connectivity index is 0.892. The van der Waals surface area contributed by atoms with Crippen LogP contribution in [0, 0.1) is 11.7 Å². The van der Waals surface area contributed by atoms with Crippen LogP contribution in [0.15, 0.2) is 67.0 Å². The molecule has 0 radical (unpaired) electrons. The highest BCUT2D eigenvalue weighted by atomic mass is 32.2. The van der Waals surface area contributed by atoms with Crippen LogP contribution in [0.4, 0.5) is 27.4 Å². The standard InChI is InChI=1S/C46H51FN10O6S2/c1-5-23-65(62,63)55-33-8-6-7-32(38(33)47)39-40(64-44(54-39)46(2,3)4)34-15-19-48-45(52-34)50-30-10-9-29-26-57(22-18-28(29)24-30)43(61)27-16-20-56(21-17-27)31-11-12-35(49-25-31)41(59)51-36-13-14-37(58)53-42(36)60/h6-12,15,19,24-25,27,36,55H,5,13-14,16-18,20-23,26H2,1-4H3,(H,51,59)(H,48,50,52)(H,53,58,60)/t36-/m1/s1. The molecule has 0 bridgehead atoms. The highest BCUT2D eigenvalue weighted by Crippen LogP contribution is 2.42. The number of anilines is 4. The molecule has 2 saturated heterocycles. The molecular weight excluding hydrogens is 872 g/mol. The number of carbonyl (C=O) groups excluding carboxylic acids is 4. The first-order chi connectivity index (χ1) is 31.0. The van der Waals surface area contributed by atoms with Crippen molar-refractivity contribution in [2.45, 2.75) is 84.2 Å². The summed E-state index contributed by atoms with van der Waals surface area (Å²) in [5.74, 6) is -1.84. The number of halogens is 1. The zero-order valence-electron chi connectivity index (χ0n) is 36.6. The van der Waals surface area contributed by atoms with E-state index in [1.807, 2.05) is 43.9 Å². The number of pyridine rings is 1.